The van der Waals surface area contributed by atoms with E-state index in [9.17, 15) is 9.59 Å². The van der Waals surface area contributed by atoms with E-state index in [1.807, 2.05) is 39.0 Å². The van der Waals surface area contributed by atoms with Gasteiger partial charge in [0.05, 0.1) is 0 Å². The minimum Gasteiger partial charge on any atom is -0.444 e. The van der Waals surface area contributed by atoms with Crippen molar-refractivity contribution in [1.82, 2.24) is 15.7 Å². The fourth-order valence-corrected chi connectivity index (χ4v) is 3.63. The number of benzene rings is 1. The highest BCUT2D eigenvalue weighted by Gasteiger charge is 2.41. The van der Waals surface area contributed by atoms with Gasteiger partial charge in [0.15, 0.2) is 0 Å². The van der Waals surface area contributed by atoms with E-state index in [-0.39, 0.29) is 17.4 Å². The Morgan fingerprint density at radius 2 is 1.71 bits per heavy atom. The second-order valence-electron chi connectivity index (χ2n) is 10.4. The van der Waals surface area contributed by atoms with Gasteiger partial charge in [-0.05, 0) is 43.4 Å². The van der Waals surface area contributed by atoms with Crippen LogP contribution in [-0.4, -0.2) is 41.2 Å². The molecule has 0 saturated carbocycles. The molecule has 2 aliphatic rings. The average Bonchev–Trinajstić information content (AvgIpc) is 3.08. The van der Waals surface area contributed by atoms with Gasteiger partial charge in [0, 0.05) is 32.5 Å². The molecule has 170 valence electrons. The minimum atomic E-state index is -0.570. The molecule has 7 nitrogen and oxygen atoms in total. The third kappa shape index (κ3) is 6.00. The predicted octanol–water partition coefficient (Wildman–Crippen LogP) is 3.79. The minimum absolute atomic E-state index is 0.102. The lowest BCUT2D eigenvalue weighted by molar-refractivity contribution is -0.120. The average molecular weight is 430 g/mol. The fourth-order valence-electron chi connectivity index (χ4n) is 3.63. The number of hydrogen-bond acceptors (Lipinski definition) is 5. The van der Waals surface area contributed by atoms with Gasteiger partial charge in [0.2, 0.25) is 0 Å². The van der Waals surface area contributed by atoms with Gasteiger partial charge in [-0.25, -0.2) is 4.79 Å². The number of carbonyl (C=O) groups excluding carboxylic acids is 2. The van der Waals surface area contributed by atoms with E-state index in [1.165, 1.54) is 5.56 Å². The quantitative estimate of drug-likeness (QED) is 0.764. The van der Waals surface area contributed by atoms with Crippen molar-refractivity contribution in [2.75, 3.05) is 13.1 Å². The first-order valence-corrected chi connectivity index (χ1v) is 10.9. The van der Waals surface area contributed by atoms with E-state index >= 15 is 0 Å². The van der Waals surface area contributed by atoms with Crippen molar-refractivity contribution >= 4 is 12.0 Å². The Hall–Kier alpha value is -2.54. The fraction of sp³-hybridized carbons (Fsp3) is 0.583. The monoisotopic (exact) mass is 429 g/mol. The van der Waals surface area contributed by atoms with Gasteiger partial charge < -0.3 is 15.0 Å². The van der Waals surface area contributed by atoms with Gasteiger partial charge in [-0.2, -0.15) is 0 Å². The summed E-state index contributed by atoms with van der Waals surface area (Å²) >= 11 is 0. The highest BCUT2D eigenvalue weighted by atomic mass is 16.7. The molecule has 2 N–H and O–H groups in total. The van der Waals surface area contributed by atoms with Gasteiger partial charge >= 0.3 is 6.09 Å². The summed E-state index contributed by atoms with van der Waals surface area (Å²) < 4.78 is 5.44. The third-order valence-corrected chi connectivity index (χ3v) is 5.55. The van der Waals surface area contributed by atoms with Gasteiger partial charge in [0.1, 0.15) is 16.9 Å². The van der Waals surface area contributed by atoms with Crippen molar-refractivity contribution in [2.45, 2.75) is 77.5 Å². The zero-order valence-electron chi connectivity index (χ0n) is 19.5. The van der Waals surface area contributed by atoms with E-state index in [0.29, 0.717) is 38.2 Å². The summed E-state index contributed by atoms with van der Waals surface area (Å²) in [6, 6.07) is 8.29. The third-order valence-electron chi connectivity index (χ3n) is 5.55. The van der Waals surface area contributed by atoms with Crippen LogP contribution in [0.1, 0.15) is 65.5 Å². The summed E-state index contributed by atoms with van der Waals surface area (Å²) in [5, 5.41) is 2.94. The Kier molecular flexibility index (Phi) is 6.37. The zero-order chi connectivity index (χ0) is 22.9. The molecule has 31 heavy (non-hydrogen) atoms. The van der Waals surface area contributed by atoms with Crippen molar-refractivity contribution in [3.63, 3.8) is 0 Å². The highest BCUT2D eigenvalue weighted by molar-refractivity contribution is 5.93. The van der Waals surface area contributed by atoms with Crippen LogP contribution in [0.3, 0.4) is 0 Å². The molecule has 1 fully saturated rings. The van der Waals surface area contributed by atoms with Crippen LogP contribution in [0.15, 0.2) is 36.0 Å². The summed E-state index contributed by atoms with van der Waals surface area (Å²) in [4.78, 5) is 32.3. The molecule has 1 saturated heterocycles. The van der Waals surface area contributed by atoms with Crippen LogP contribution in [-0.2, 0) is 26.3 Å². The number of hydrogen-bond donors (Lipinski definition) is 2. The molecule has 0 radical (unpaired) electrons. The van der Waals surface area contributed by atoms with Gasteiger partial charge in [-0.1, -0.05) is 45.0 Å². The molecule has 0 aromatic heterocycles. The Balaban J connectivity index is 1.52. The molecule has 2 aliphatic heterocycles. The number of carbonyl (C=O) groups is 2. The van der Waals surface area contributed by atoms with Gasteiger partial charge in [-0.15, -0.1) is 0 Å². The van der Waals surface area contributed by atoms with Crippen LogP contribution in [0.2, 0.25) is 0 Å². The molecule has 0 aliphatic carbocycles. The maximum atomic E-state index is 12.6. The van der Waals surface area contributed by atoms with E-state index in [1.54, 1.807) is 4.90 Å². The first-order valence-electron chi connectivity index (χ1n) is 10.9. The highest BCUT2D eigenvalue weighted by Crippen LogP contribution is 2.32. The molecule has 0 unspecified atom stereocenters. The van der Waals surface area contributed by atoms with Crippen LogP contribution in [0.4, 0.5) is 4.79 Å². The normalized spacial score (nSPS) is 18.4. The van der Waals surface area contributed by atoms with E-state index in [4.69, 9.17) is 9.57 Å². The topological polar surface area (TPSA) is 79.9 Å². The second kappa shape index (κ2) is 8.54. The van der Waals surface area contributed by atoms with Crippen LogP contribution in [0, 0.1) is 0 Å². The molecule has 1 aromatic carbocycles. The van der Waals surface area contributed by atoms with Gasteiger partial charge in [0.25, 0.3) is 5.91 Å². The molecule has 0 bridgehead atoms. The molecule has 1 aromatic rings. The van der Waals surface area contributed by atoms with Crippen molar-refractivity contribution in [3.8, 4) is 0 Å². The molecule has 3 rings (SSSR count). The van der Waals surface area contributed by atoms with Crippen LogP contribution >= 0.6 is 0 Å². The molecule has 7 heteroatoms. The Morgan fingerprint density at radius 3 is 2.26 bits per heavy atom. The number of nitrogens with zero attached hydrogens (tertiary/aromatic N) is 1. The van der Waals surface area contributed by atoms with Gasteiger partial charge in [-0.3, -0.25) is 15.1 Å². The first-order chi connectivity index (χ1) is 14.4. The summed E-state index contributed by atoms with van der Waals surface area (Å²) in [5.41, 5.74) is 4.51. The number of rotatable bonds is 3. The van der Waals surface area contributed by atoms with Crippen molar-refractivity contribution in [1.29, 1.82) is 0 Å². The van der Waals surface area contributed by atoms with Crippen LogP contribution in [0.5, 0.6) is 0 Å². The predicted molar refractivity (Wildman–Crippen MR) is 119 cm³/mol. The summed E-state index contributed by atoms with van der Waals surface area (Å²) in [7, 11) is 0. The lowest BCUT2D eigenvalue weighted by Gasteiger charge is -2.37. The van der Waals surface area contributed by atoms with E-state index in [2.05, 4.69) is 43.7 Å². The molecule has 2 heterocycles. The number of amides is 2. The number of ether oxygens (including phenoxy) is 1. The maximum absolute atomic E-state index is 12.6. The molecule has 0 atom stereocenters. The Morgan fingerprint density at radius 1 is 1.10 bits per heavy atom. The van der Waals surface area contributed by atoms with Crippen molar-refractivity contribution in [3.05, 3.63) is 47.2 Å². The zero-order valence-corrected chi connectivity index (χ0v) is 19.5. The molecule has 1 spiro atoms. The lowest BCUT2D eigenvalue weighted by atomic mass is 9.87. The van der Waals surface area contributed by atoms with Crippen molar-refractivity contribution in [2.24, 2.45) is 0 Å². The number of hydroxylamine groups is 1. The SMILES string of the molecule is CC(C)(C)OC(=O)N1CCC2(C=C(C(=O)NCc3ccc(C(C)(C)C)cc3)NO2)CC1. The molecular weight excluding hydrogens is 394 g/mol. The summed E-state index contributed by atoms with van der Waals surface area (Å²) in [5.74, 6) is -0.202. The number of piperidine rings is 1. The van der Waals surface area contributed by atoms with Crippen LogP contribution < -0.4 is 10.8 Å². The molecule has 2 amide bonds. The van der Waals surface area contributed by atoms with Crippen LogP contribution in [0.25, 0.3) is 0 Å². The van der Waals surface area contributed by atoms with E-state index in [0.717, 1.165) is 5.56 Å². The number of nitrogens with one attached hydrogen (secondary N) is 2. The largest absolute Gasteiger partial charge is 0.444 e. The first kappa shape index (κ1) is 23.1. The number of likely N-dealkylation sites (tertiary alicyclic amines) is 1. The van der Waals surface area contributed by atoms with Crippen molar-refractivity contribution < 1.29 is 19.2 Å². The Bertz CT molecular complexity index is 839. The molecular formula is C24H35N3O4. The lowest BCUT2D eigenvalue weighted by Crippen LogP contribution is -2.48. The summed E-state index contributed by atoms with van der Waals surface area (Å²) in [6.07, 6.45) is 2.74. The Labute approximate surface area is 185 Å². The maximum Gasteiger partial charge on any atom is 0.410 e. The summed E-state index contributed by atoms with van der Waals surface area (Å²) in [6.45, 7) is 13.6. The smallest absolute Gasteiger partial charge is 0.410 e. The van der Waals surface area contributed by atoms with E-state index < -0.39 is 11.2 Å². The standard InChI is InChI=1S/C24H35N3O4/c1-22(2,3)18-9-7-17(8-10-18)16-25-20(28)19-15-24(31-26-19)11-13-27(14-12-24)21(29)30-23(4,5)6/h7-10,15,26H,11-14,16H2,1-6H3,(H,25,28). The second-order valence-corrected chi connectivity index (χ2v) is 10.4.